The molecule has 0 spiro atoms. The zero-order valence-corrected chi connectivity index (χ0v) is 15.4. The summed E-state index contributed by atoms with van der Waals surface area (Å²) < 4.78 is 12.2. The Bertz CT molecular complexity index is 542. The Morgan fingerprint density at radius 1 is 1.19 bits per heavy atom. The van der Waals surface area contributed by atoms with E-state index in [1.807, 2.05) is 0 Å². The van der Waals surface area contributed by atoms with E-state index in [-0.39, 0.29) is 16.9 Å². The number of hydrogen-bond donors (Lipinski definition) is 4. The number of ether oxygens (including phenoxy) is 2. The monoisotopic (exact) mass is 369 g/mol. The molecule has 0 aromatic rings. The number of carbonyl (C=O) groups excluding carboxylic acids is 1. The third-order valence-electron chi connectivity index (χ3n) is 7.48. The molecule has 1 heterocycles. The molecule has 0 aromatic carbocycles. The topological polar surface area (TPSA) is 108 Å². The van der Waals surface area contributed by atoms with E-state index < -0.39 is 37.3 Å². The average Bonchev–Trinajstić information content (AvgIpc) is 2.57. The zero-order valence-electron chi connectivity index (χ0n) is 15.4. The minimum atomic E-state index is -1.27. The van der Waals surface area contributed by atoms with Crippen molar-refractivity contribution >= 4 is 5.91 Å². The number of rotatable bonds is 6. The molecule has 7 nitrogen and oxygen atoms in total. The molecule has 26 heavy (non-hydrogen) atoms. The highest BCUT2D eigenvalue weighted by molar-refractivity contribution is 5.73. The summed E-state index contributed by atoms with van der Waals surface area (Å²) in [7, 11) is 0. The summed E-state index contributed by atoms with van der Waals surface area (Å²) in [5, 5.41) is 32.7. The molecule has 1 saturated heterocycles. The number of fused-ring (bicyclic) bond motifs is 1. The lowest BCUT2D eigenvalue weighted by molar-refractivity contribution is -0.369. The van der Waals surface area contributed by atoms with Crippen LogP contribution in [0.1, 0.15) is 58.3 Å². The molecule has 3 aliphatic carbocycles. The molecule has 4 aliphatic rings. The summed E-state index contributed by atoms with van der Waals surface area (Å²) in [5.41, 5.74) is -0.0378. The Kier molecular flexibility index (Phi) is 4.80. The Morgan fingerprint density at radius 2 is 1.88 bits per heavy atom. The summed E-state index contributed by atoms with van der Waals surface area (Å²) in [6, 6.07) is -0.845. The second-order valence-corrected chi connectivity index (χ2v) is 8.83. The average molecular weight is 369 g/mol. The van der Waals surface area contributed by atoms with Gasteiger partial charge in [-0.1, -0.05) is 19.3 Å². The molecule has 0 aromatic heterocycles. The van der Waals surface area contributed by atoms with Gasteiger partial charge in [0.15, 0.2) is 6.29 Å². The smallest absolute Gasteiger partial charge is 0.217 e. The number of carbonyl (C=O) groups is 1. The summed E-state index contributed by atoms with van der Waals surface area (Å²) >= 11 is 0. The first-order valence-corrected chi connectivity index (χ1v) is 9.97. The summed E-state index contributed by atoms with van der Waals surface area (Å²) in [4.78, 5) is 11.6. The molecule has 5 atom stereocenters. The SMILES string of the molecule is CC(=O)NC1C(O)[C@@H](O)C(CO)O[C@@H]1OC12CCC1(CC1CCC1)CC2. The highest BCUT2D eigenvalue weighted by atomic mass is 16.7. The zero-order chi connectivity index (χ0) is 18.5. The normalized spacial score (nSPS) is 47.9. The quantitative estimate of drug-likeness (QED) is 0.541. The number of aliphatic hydroxyl groups excluding tert-OH is 3. The van der Waals surface area contributed by atoms with Crippen LogP contribution in [0, 0.1) is 11.3 Å². The van der Waals surface area contributed by atoms with E-state index >= 15 is 0 Å². The molecule has 4 N–H and O–H groups in total. The van der Waals surface area contributed by atoms with Gasteiger partial charge in [0.2, 0.25) is 5.91 Å². The highest BCUT2D eigenvalue weighted by Crippen LogP contribution is 2.70. The van der Waals surface area contributed by atoms with Gasteiger partial charge >= 0.3 is 0 Å². The maximum absolute atomic E-state index is 11.6. The van der Waals surface area contributed by atoms with E-state index in [2.05, 4.69) is 5.32 Å². The van der Waals surface area contributed by atoms with Gasteiger partial charge in [-0.05, 0) is 43.4 Å². The standard InChI is InChI=1S/C19H31NO6/c1-11(22)20-14-16(24)15(23)13(10-21)25-17(14)26-19-7-5-18(19,6-8-19)9-12-3-2-4-12/h12-17,21,23-24H,2-10H2,1H3,(H,20,22)/t13?,14?,15-,16?,17+,18?,19?/m0/s1. The van der Waals surface area contributed by atoms with Crippen LogP contribution in [0.5, 0.6) is 0 Å². The minimum absolute atomic E-state index is 0.206. The molecule has 4 rings (SSSR count). The molecular formula is C19H31NO6. The van der Waals surface area contributed by atoms with Gasteiger partial charge in [0.1, 0.15) is 24.4 Å². The molecule has 1 amide bonds. The minimum Gasteiger partial charge on any atom is -0.394 e. The Balaban J connectivity index is 1.49. The van der Waals surface area contributed by atoms with Crippen molar-refractivity contribution in [3.63, 3.8) is 0 Å². The van der Waals surface area contributed by atoms with Crippen molar-refractivity contribution in [2.75, 3.05) is 6.61 Å². The van der Waals surface area contributed by atoms with Gasteiger partial charge in [0.05, 0.1) is 12.2 Å². The summed E-state index contributed by atoms with van der Waals surface area (Å²) in [5.74, 6) is 0.482. The van der Waals surface area contributed by atoms with Gasteiger partial charge in [-0.15, -0.1) is 0 Å². The van der Waals surface area contributed by atoms with Crippen LogP contribution in [-0.2, 0) is 14.3 Å². The fourth-order valence-corrected chi connectivity index (χ4v) is 5.44. The van der Waals surface area contributed by atoms with E-state index in [0.717, 1.165) is 31.6 Å². The van der Waals surface area contributed by atoms with Gasteiger partial charge in [-0.3, -0.25) is 4.79 Å². The molecule has 4 fully saturated rings. The lowest BCUT2D eigenvalue weighted by Gasteiger charge is -2.69. The van der Waals surface area contributed by atoms with Crippen molar-refractivity contribution in [3.05, 3.63) is 0 Å². The number of aliphatic hydroxyl groups is 3. The lowest BCUT2D eigenvalue weighted by atomic mass is 9.41. The molecule has 3 unspecified atom stereocenters. The van der Waals surface area contributed by atoms with Crippen LogP contribution >= 0.6 is 0 Å². The molecule has 0 radical (unpaired) electrons. The van der Waals surface area contributed by atoms with Crippen LogP contribution in [0.25, 0.3) is 0 Å². The first-order valence-electron chi connectivity index (χ1n) is 9.97. The second kappa shape index (κ2) is 6.71. The van der Waals surface area contributed by atoms with Gasteiger partial charge in [0, 0.05) is 6.92 Å². The number of hydrogen-bond acceptors (Lipinski definition) is 6. The first-order chi connectivity index (χ1) is 12.4. The van der Waals surface area contributed by atoms with Crippen LogP contribution in [0.4, 0.5) is 0 Å². The molecule has 3 saturated carbocycles. The molecular weight excluding hydrogens is 338 g/mol. The van der Waals surface area contributed by atoms with E-state index in [4.69, 9.17) is 9.47 Å². The van der Waals surface area contributed by atoms with Crippen molar-refractivity contribution in [1.82, 2.24) is 5.32 Å². The van der Waals surface area contributed by atoms with Crippen LogP contribution < -0.4 is 5.32 Å². The third-order valence-corrected chi connectivity index (χ3v) is 7.48. The Hall–Kier alpha value is -0.730. The fourth-order valence-electron chi connectivity index (χ4n) is 5.44. The van der Waals surface area contributed by atoms with Crippen molar-refractivity contribution in [1.29, 1.82) is 0 Å². The van der Waals surface area contributed by atoms with Gasteiger partial charge in [-0.2, -0.15) is 0 Å². The summed E-state index contributed by atoms with van der Waals surface area (Å²) in [6.45, 7) is 0.950. The van der Waals surface area contributed by atoms with Crippen LogP contribution in [0.2, 0.25) is 0 Å². The first kappa shape index (κ1) is 18.6. The van der Waals surface area contributed by atoms with Crippen molar-refractivity contribution < 1.29 is 29.6 Å². The van der Waals surface area contributed by atoms with E-state index in [9.17, 15) is 20.1 Å². The number of nitrogens with one attached hydrogen (secondary N) is 1. The Morgan fingerprint density at radius 3 is 2.35 bits per heavy atom. The predicted molar refractivity (Wildman–Crippen MR) is 92.0 cm³/mol. The third kappa shape index (κ3) is 2.79. The molecule has 7 heteroatoms. The molecule has 1 aliphatic heterocycles. The summed E-state index contributed by atoms with van der Waals surface area (Å²) in [6.07, 6.45) is 5.10. The van der Waals surface area contributed by atoms with Crippen LogP contribution in [0.3, 0.4) is 0 Å². The van der Waals surface area contributed by atoms with Crippen molar-refractivity contribution in [2.45, 2.75) is 94.5 Å². The Labute approximate surface area is 154 Å². The maximum Gasteiger partial charge on any atom is 0.217 e. The number of amides is 1. The largest absolute Gasteiger partial charge is 0.394 e. The van der Waals surface area contributed by atoms with Crippen molar-refractivity contribution in [3.8, 4) is 0 Å². The van der Waals surface area contributed by atoms with Crippen LogP contribution in [-0.4, -0.2) is 64.1 Å². The lowest BCUT2D eigenvalue weighted by Crippen LogP contribution is -2.72. The van der Waals surface area contributed by atoms with E-state index in [1.165, 1.54) is 32.6 Å². The fraction of sp³-hybridized carbons (Fsp3) is 0.947. The molecule has 148 valence electrons. The van der Waals surface area contributed by atoms with Gasteiger partial charge < -0.3 is 30.1 Å². The predicted octanol–water partition coefficient (Wildman–Crippen LogP) is 0.450. The van der Waals surface area contributed by atoms with Crippen LogP contribution in [0.15, 0.2) is 0 Å². The maximum atomic E-state index is 11.6. The van der Waals surface area contributed by atoms with Gasteiger partial charge in [0.25, 0.3) is 0 Å². The van der Waals surface area contributed by atoms with Gasteiger partial charge in [-0.25, -0.2) is 0 Å². The van der Waals surface area contributed by atoms with Crippen molar-refractivity contribution in [2.24, 2.45) is 11.3 Å². The van der Waals surface area contributed by atoms with E-state index in [0.29, 0.717) is 0 Å². The second-order valence-electron chi connectivity index (χ2n) is 8.83. The van der Waals surface area contributed by atoms with E-state index in [1.54, 1.807) is 0 Å². The molecule has 0 bridgehead atoms. The highest BCUT2D eigenvalue weighted by Gasteiger charge is 2.68.